The molecule has 1 N–H and O–H groups in total. The lowest BCUT2D eigenvalue weighted by molar-refractivity contribution is 0.567. The molecule has 2 rings (SSSR count). The Kier molecular flexibility index (Phi) is 4.92. The van der Waals surface area contributed by atoms with E-state index in [1.54, 1.807) is 0 Å². The summed E-state index contributed by atoms with van der Waals surface area (Å²) in [7, 11) is 0. The van der Waals surface area contributed by atoms with Crippen LogP contribution in [-0.4, -0.2) is 4.98 Å². The Balaban J connectivity index is 1.93. The van der Waals surface area contributed by atoms with Crippen molar-refractivity contribution in [2.75, 3.05) is 0 Å². The predicted octanol–water partition coefficient (Wildman–Crippen LogP) is 4.46. The van der Waals surface area contributed by atoms with Gasteiger partial charge in [0.05, 0.1) is 5.69 Å². The molecule has 0 radical (unpaired) electrons. The molecule has 0 aliphatic carbocycles. The maximum atomic E-state index is 4.34. The van der Waals surface area contributed by atoms with Crippen LogP contribution in [0.15, 0.2) is 51.5 Å². The first-order valence-corrected chi connectivity index (χ1v) is 7.33. The van der Waals surface area contributed by atoms with E-state index in [1.807, 2.05) is 18.3 Å². The van der Waals surface area contributed by atoms with Crippen LogP contribution in [0, 0.1) is 0 Å². The van der Waals surface area contributed by atoms with Crippen LogP contribution < -0.4 is 5.32 Å². The van der Waals surface area contributed by atoms with Gasteiger partial charge < -0.3 is 5.32 Å². The molecule has 0 saturated heterocycles. The number of nitrogens with zero attached hydrogens (tertiary/aromatic N) is 1. The van der Waals surface area contributed by atoms with Crippen molar-refractivity contribution in [1.82, 2.24) is 10.3 Å². The lowest BCUT2D eigenvalue weighted by Crippen LogP contribution is -2.18. The summed E-state index contributed by atoms with van der Waals surface area (Å²) < 4.78 is 2.11. The number of halogens is 2. The molecule has 4 heteroatoms. The van der Waals surface area contributed by atoms with Crippen LogP contribution in [0.5, 0.6) is 0 Å². The second-order valence-corrected chi connectivity index (χ2v) is 5.95. The molecule has 1 aromatic heterocycles. The molecule has 0 saturated carbocycles. The highest BCUT2D eigenvalue weighted by Gasteiger charge is 2.04. The van der Waals surface area contributed by atoms with E-state index >= 15 is 0 Å². The smallest absolute Gasteiger partial charge is 0.0542 e. The highest BCUT2D eigenvalue weighted by molar-refractivity contribution is 9.10. The van der Waals surface area contributed by atoms with E-state index in [1.165, 1.54) is 5.56 Å². The molecular formula is C14H14Br2N2. The van der Waals surface area contributed by atoms with Gasteiger partial charge in [0.15, 0.2) is 0 Å². The van der Waals surface area contributed by atoms with Gasteiger partial charge in [-0.2, -0.15) is 0 Å². The minimum Gasteiger partial charge on any atom is -0.305 e. The number of hydrogen-bond donors (Lipinski definition) is 1. The maximum Gasteiger partial charge on any atom is 0.0542 e. The Hall–Kier alpha value is -0.710. The molecular weight excluding hydrogens is 356 g/mol. The van der Waals surface area contributed by atoms with Gasteiger partial charge in [-0.25, -0.2) is 0 Å². The number of aromatic nitrogens is 1. The largest absolute Gasteiger partial charge is 0.305 e. The predicted molar refractivity (Wildman–Crippen MR) is 81.3 cm³/mol. The number of hydrogen-bond acceptors (Lipinski definition) is 2. The second-order valence-electron chi connectivity index (χ2n) is 4.12. The first kappa shape index (κ1) is 13.7. The molecule has 0 spiro atoms. The van der Waals surface area contributed by atoms with Crippen molar-refractivity contribution in [3.8, 4) is 0 Å². The number of benzene rings is 1. The minimum atomic E-state index is 0.309. The molecule has 0 aliphatic heterocycles. The van der Waals surface area contributed by atoms with Crippen LogP contribution in [0.25, 0.3) is 0 Å². The molecule has 1 atom stereocenters. The topological polar surface area (TPSA) is 24.9 Å². The molecule has 0 bridgehead atoms. The normalized spacial score (nSPS) is 12.4. The van der Waals surface area contributed by atoms with Crippen LogP contribution in [-0.2, 0) is 6.54 Å². The number of pyridine rings is 1. The first-order valence-electron chi connectivity index (χ1n) is 5.74. The van der Waals surface area contributed by atoms with E-state index in [2.05, 4.69) is 73.3 Å². The van der Waals surface area contributed by atoms with E-state index in [0.29, 0.717) is 6.04 Å². The van der Waals surface area contributed by atoms with Gasteiger partial charge in [-0.05, 0) is 52.7 Å². The molecule has 1 unspecified atom stereocenters. The third kappa shape index (κ3) is 3.90. The zero-order valence-corrected chi connectivity index (χ0v) is 13.2. The molecule has 1 heterocycles. The SMILES string of the molecule is CC(NCc1ccc(Br)cn1)c1ccc(Br)cc1. The van der Waals surface area contributed by atoms with E-state index in [-0.39, 0.29) is 0 Å². The Labute approximate surface area is 124 Å². The summed E-state index contributed by atoms with van der Waals surface area (Å²) in [6.07, 6.45) is 1.82. The van der Waals surface area contributed by atoms with Gasteiger partial charge in [-0.1, -0.05) is 28.1 Å². The van der Waals surface area contributed by atoms with Crippen LogP contribution in [0.2, 0.25) is 0 Å². The fourth-order valence-electron chi connectivity index (χ4n) is 1.64. The van der Waals surface area contributed by atoms with E-state index in [9.17, 15) is 0 Å². The van der Waals surface area contributed by atoms with Gasteiger partial charge in [0.1, 0.15) is 0 Å². The molecule has 0 fully saturated rings. The lowest BCUT2D eigenvalue weighted by Gasteiger charge is -2.14. The Morgan fingerprint density at radius 1 is 1.06 bits per heavy atom. The zero-order valence-electron chi connectivity index (χ0n) is 10.0. The van der Waals surface area contributed by atoms with Crippen molar-refractivity contribution >= 4 is 31.9 Å². The fraction of sp³-hybridized carbons (Fsp3) is 0.214. The third-order valence-corrected chi connectivity index (χ3v) is 3.75. The molecule has 18 heavy (non-hydrogen) atoms. The van der Waals surface area contributed by atoms with Crippen LogP contribution in [0.1, 0.15) is 24.2 Å². The van der Waals surface area contributed by atoms with E-state index in [4.69, 9.17) is 0 Å². The van der Waals surface area contributed by atoms with Crippen molar-refractivity contribution in [2.45, 2.75) is 19.5 Å². The second kappa shape index (κ2) is 6.45. The summed E-state index contributed by atoms with van der Waals surface area (Å²) in [5.41, 5.74) is 2.32. The summed E-state index contributed by atoms with van der Waals surface area (Å²) in [6.45, 7) is 2.92. The summed E-state index contributed by atoms with van der Waals surface area (Å²) in [6, 6.07) is 12.7. The van der Waals surface area contributed by atoms with Crippen LogP contribution >= 0.6 is 31.9 Å². The zero-order chi connectivity index (χ0) is 13.0. The Morgan fingerprint density at radius 3 is 2.33 bits per heavy atom. The highest BCUT2D eigenvalue weighted by Crippen LogP contribution is 2.17. The van der Waals surface area contributed by atoms with Gasteiger partial charge in [0.25, 0.3) is 0 Å². The third-order valence-electron chi connectivity index (χ3n) is 2.75. The summed E-state index contributed by atoms with van der Waals surface area (Å²) >= 11 is 6.82. The Morgan fingerprint density at radius 2 is 1.72 bits per heavy atom. The van der Waals surface area contributed by atoms with Gasteiger partial charge in [0, 0.05) is 27.7 Å². The molecule has 0 amide bonds. The molecule has 0 aliphatic rings. The molecule has 94 valence electrons. The minimum absolute atomic E-state index is 0.309. The van der Waals surface area contributed by atoms with Crippen molar-refractivity contribution < 1.29 is 0 Å². The van der Waals surface area contributed by atoms with Crippen LogP contribution in [0.3, 0.4) is 0 Å². The summed E-state index contributed by atoms with van der Waals surface area (Å²) in [5.74, 6) is 0. The summed E-state index contributed by atoms with van der Waals surface area (Å²) in [4.78, 5) is 4.34. The summed E-state index contributed by atoms with van der Waals surface area (Å²) in [5, 5.41) is 3.46. The molecule has 2 nitrogen and oxygen atoms in total. The standard InChI is InChI=1S/C14H14Br2N2/c1-10(11-2-4-12(15)5-3-11)17-9-14-7-6-13(16)8-18-14/h2-8,10,17H,9H2,1H3. The van der Waals surface area contributed by atoms with Gasteiger partial charge >= 0.3 is 0 Å². The average molecular weight is 370 g/mol. The van der Waals surface area contributed by atoms with Crippen molar-refractivity contribution in [2.24, 2.45) is 0 Å². The van der Waals surface area contributed by atoms with Crippen molar-refractivity contribution in [3.05, 3.63) is 62.8 Å². The average Bonchev–Trinajstić information content (AvgIpc) is 2.38. The van der Waals surface area contributed by atoms with Gasteiger partial charge in [0.2, 0.25) is 0 Å². The molecule has 1 aromatic carbocycles. The maximum absolute atomic E-state index is 4.34. The van der Waals surface area contributed by atoms with Crippen molar-refractivity contribution in [3.63, 3.8) is 0 Å². The van der Waals surface area contributed by atoms with Crippen LogP contribution in [0.4, 0.5) is 0 Å². The van der Waals surface area contributed by atoms with Crippen molar-refractivity contribution in [1.29, 1.82) is 0 Å². The van der Waals surface area contributed by atoms with E-state index < -0.39 is 0 Å². The lowest BCUT2D eigenvalue weighted by atomic mass is 10.1. The van der Waals surface area contributed by atoms with Gasteiger partial charge in [-0.3, -0.25) is 4.98 Å². The quantitative estimate of drug-likeness (QED) is 0.860. The monoisotopic (exact) mass is 368 g/mol. The first-order chi connectivity index (χ1) is 8.65. The van der Waals surface area contributed by atoms with Gasteiger partial charge in [-0.15, -0.1) is 0 Å². The Bertz CT molecular complexity index is 494. The molecule has 2 aromatic rings. The van der Waals surface area contributed by atoms with E-state index in [0.717, 1.165) is 21.2 Å². The number of rotatable bonds is 4. The fourth-order valence-corrected chi connectivity index (χ4v) is 2.14. The number of nitrogens with one attached hydrogen (secondary N) is 1. The highest BCUT2D eigenvalue weighted by atomic mass is 79.9.